The third-order valence-corrected chi connectivity index (χ3v) is 6.14. The molecule has 0 saturated carbocycles. The lowest BCUT2D eigenvalue weighted by molar-refractivity contribution is -0.384. The standard InChI is InChI=1S/C22H24N4O11/c1-10(27)16(30)17-21(32,11(2)28)22(33,12(3)29)20(36-17)37-19-15(18(23)31)25(9-24-19)8-13-4-6-14(7-5-13)26(34)35/h4-7,9,16-17,20,30,32-33H,8H2,1-3H3,(H2,23,31)/t16?,17-,20+,21-,22+/m1/s1. The molecule has 2 heterocycles. The summed E-state index contributed by atoms with van der Waals surface area (Å²) in [5.41, 5.74) is -0.800. The van der Waals surface area contributed by atoms with Gasteiger partial charge in [0.25, 0.3) is 11.6 Å². The second-order valence-electron chi connectivity index (χ2n) is 8.52. The summed E-state index contributed by atoms with van der Waals surface area (Å²) in [4.78, 5) is 63.1. The number of ketones is 3. The Morgan fingerprint density at radius 3 is 2.19 bits per heavy atom. The number of aliphatic hydroxyl groups excluding tert-OH is 1. The normalized spacial score (nSPS) is 25.9. The summed E-state index contributed by atoms with van der Waals surface area (Å²) in [5.74, 6) is -5.00. The number of hydrogen-bond acceptors (Lipinski definition) is 12. The minimum atomic E-state index is -3.13. The van der Waals surface area contributed by atoms with Gasteiger partial charge in [0, 0.05) is 18.7 Å². The van der Waals surface area contributed by atoms with Crippen molar-refractivity contribution in [2.24, 2.45) is 5.73 Å². The van der Waals surface area contributed by atoms with Crippen LogP contribution in [0.3, 0.4) is 0 Å². The molecule has 1 aliphatic rings. The van der Waals surface area contributed by atoms with Crippen LogP contribution in [0.2, 0.25) is 0 Å². The van der Waals surface area contributed by atoms with Crippen LogP contribution in [0.15, 0.2) is 30.6 Å². The number of amides is 1. The van der Waals surface area contributed by atoms with Crippen LogP contribution in [0, 0.1) is 10.1 Å². The first-order chi connectivity index (χ1) is 17.2. The lowest BCUT2D eigenvalue weighted by atomic mass is 9.73. The highest BCUT2D eigenvalue weighted by molar-refractivity contribution is 6.00. The summed E-state index contributed by atoms with van der Waals surface area (Å²) in [5, 5.41) is 43.5. The van der Waals surface area contributed by atoms with Gasteiger partial charge in [-0.1, -0.05) is 12.1 Å². The van der Waals surface area contributed by atoms with Crippen LogP contribution in [0.1, 0.15) is 36.8 Å². The fraction of sp³-hybridized carbons (Fsp3) is 0.409. The summed E-state index contributed by atoms with van der Waals surface area (Å²) in [6.07, 6.45) is -5.35. The van der Waals surface area contributed by atoms with Crippen LogP contribution in [-0.2, 0) is 25.7 Å². The Kier molecular flexibility index (Phi) is 7.28. The Hall–Kier alpha value is -4.05. The van der Waals surface area contributed by atoms with Crippen LogP contribution in [0.5, 0.6) is 5.88 Å². The number of nitrogens with two attached hydrogens (primary N) is 1. The summed E-state index contributed by atoms with van der Waals surface area (Å²) in [7, 11) is 0. The van der Waals surface area contributed by atoms with Gasteiger partial charge in [-0.25, -0.2) is 4.98 Å². The second-order valence-corrected chi connectivity index (χ2v) is 8.52. The number of hydrogen-bond donors (Lipinski definition) is 4. The van der Waals surface area contributed by atoms with Gasteiger partial charge >= 0.3 is 0 Å². The fourth-order valence-electron chi connectivity index (χ4n) is 4.10. The van der Waals surface area contributed by atoms with Crippen molar-refractivity contribution in [1.82, 2.24) is 9.55 Å². The first-order valence-electron chi connectivity index (χ1n) is 10.7. The average Bonchev–Trinajstić information content (AvgIpc) is 3.32. The lowest BCUT2D eigenvalue weighted by Crippen LogP contribution is -2.69. The predicted octanol–water partition coefficient (Wildman–Crippen LogP) is -1.37. The maximum absolute atomic E-state index is 12.5. The van der Waals surface area contributed by atoms with E-state index in [4.69, 9.17) is 15.2 Å². The van der Waals surface area contributed by atoms with Gasteiger partial charge in [0.05, 0.1) is 11.3 Å². The van der Waals surface area contributed by atoms with E-state index in [1.54, 1.807) is 0 Å². The van der Waals surface area contributed by atoms with Crippen molar-refractivity contribution in [3.8, 4) is 5.88 Å². The molecule has 5 N–H and O–H groups in total. The largest absolute Gasteiger partial charge is 0.442 e. The molecule has 1 aromatic heterocycles. The average molecular weight is 520 g/mol. The molecule has 1 amide bonds. The van der Waals surface area contributed by atoms with Gasteiger partial charge in [0.1, 0.15) is 12.2 Å². The third-order valence-electron chi connectivity index (χ3n) is 6.14. The number of Topliss-reactive ketones (excluding diaryl/α,β-unsaturated/α-hetero) is 3. The van der Waals surface area contributed by atoms with E-state index in [2.05, 4.69) is 4.98 Å². The van der Waals surface area contributed by atoms with E-state index in [-0.39, 0.29) is 17.9 Å². The maximum atomic E-state index is 12.5. The van der Waals surface area contributed by atoms with Gasteiger partial charge < -0.3 is 35.1 Å². The Labute approximate surface area is 208 Å². The molecule has 1 aliphatic heterocycles. The zero-order valence-electron chi connectivity index (χ0n) is 19.9. The highest BCUT2D eigenvalue weighted by Crippen LogP contribution is 2.44. The van der Waals surface area contributed by atoms with Crippen molar-refractivity contribution < 1.29 is 48.9 Å². The van der Waals surface area contributed by atoms with Gasteiger partial charge in [-0.05, 0) is 26.3 Å². The second kappa shape index (κ2) is 9.78. The maximum Gasteiger partial charge on any atom is 0.271 e. The number of imidazole rings is 1. The van der Waals surface area contributed by atoms with Gasteiger partial charge in [0.2, 0.25) is 17.8 Å². The number of nitro groups is 1. The minimum absolute atomic E-state index is 0.0574. The lowest BCUT2D eigenvalue weighted by Gasteiger charge is -2.37. The van der Waals surface area contributed by atoms with Crippen LogP contribution < -0.4 is 10.5 Å². The van der Waals surface area contributed by atoms with E-state index in [9.17, 15) is 44.6 Å². The Bertz CT molecular complexity index is 1270. The molecule has 1 unspecified atom stereocenters. The molecule has 2 aromatic rings. The number of non-ortho nitro benzene ring substituents is 1. The highest BCUT2D eigenvalue weighted by Gasteiger charge is 2.74. The Morgan fingerprint density at radius 1 is 1.16 bits per heavy atom. The molecule has 1 aromatic carbocycles. The molecule has 198 valence electrons. The van der Waals surface area contributed by atoms with Gasteiger partial charge in [-0.15, -0.1) is 0 Å². The van der Waals surface area contributed by atoms with E-state index in [0.29, 0.717) is 5.56 Å². The fourth-order valence-corrected chi connectivity index (χ4v) is 4.10. The number of nitro benzene ring substituents is 1. The molecule has 0 radical (unpaired) electrons. The van der Waals surface area contributed by atoms with Crippen molar-refractivity contribution in [2.75, 3.05) is 0 Å². The first-order valence-corrected chi connectivity index (χ1v) is 10.7. The van der Waals surface area contributed by atoms with Crippen molar-refractivity contribution in [3.05, 3.63) is 52.0 Å². The molecule has 3 rings (SSSR count). The van der Waals surface area contributed by atoms with E-state index < -0.39 is 63.8 Å². The molecule has 5 atom stereocenters. The number of carbonyl (C=O) groups is 4. The summed E-state index contributed by atoms with van der Waals surface area (Å²) in [6, 6.07) is 5.35. The zero-order valence-corrected chi connectivity index (χ0v) is 19.9. The van der Waals surface area contributed by atoms with Crippen molar-refractivity contribution in [3.63, 3.8) is 0 Å². The number of aliphatic hydroxyl groups is 3. The monoisotopic (exact) mass is 520 g/mol. The van der Waals surface area contributed by atoms with Crippen LogP contribution in [0.4, 0.5) is 5.69 Å². The number of ether oxygens (including phenoxy) is 2. The summed E-state index contributed by atoms with van der Waals surface area (Å²) < 4.78 is 12.0. The number of aromatic nitrogens is 2. The number of primary amides is 1. The van der Waals surface area contributed by atoms with E-state index >= 15 is 0 Å². The molecule has 0 bridgehead atoms. The number of carbonyl (C=O) groups excluding carboxylic acids is 4. The molecule has 15 nitrogen and oxygen atoms in total. The van der Waals surface area contributed by atoms with Gasteiger partial charge in [-0.2, -0.15) is 0 Å². The summed E-state index contributed by atoms with van der Waals surface area (Å²) in [6.45, 7) is 2.50. The van der Waals surface area contributed by atoms with Crippen molar-refractivity contribution in [2.45, 2.75) is 57.0 Å². The summed E-state index contributed by atoms with van der Waals surface area (Å²) >= 11 is 0. The van der Waals surface area contributed by atoms with Crippen molar-refractivity contribution in [1.29, 1.82) is 0 Å². The molecule has 0 aliphatic carbocycles. The molecular weight excluding hydrogens is 496 g/mol. The smallest absolute Gasteiger partial charge is 0.271 e. The number of nitrogens with zero attached hydrogens (tertiary/aromatic N) is 3. The molecular formula is C22H24N4O11. The third kappa shape index (κ3) is 4.48. The molecule has 1 fully saturated rings. The van der Waals surface area contributed by atoms with E-state index in [1.165, 1.54) is 28.8 Å². The molecule has 37 heavy (non-hydrogen) atoms. The Balaban J connectivity index is 2.02. The quantitative estimate of drug-likeness (QED) is 0.210. The topological polar surface area (TPSA) is 234 Å². The van der Waals surface area contributed by atoms with Crippen molar-refractivity contribution >= 4 is 28.9 Å². The van der Waals surface area contributed by atoms with Gasteiger partial charge in [0.15, 0.2) is 28.6 Å². The SMILES string of the molecule is CC(=O)C(O)[C@H]1O[C@@H](Oc2ncn(Cc3ccc([N+](=O)[O-])cc3)c2C(N)=O)[C@@](O)(C(C)=O)[C@@]1(O)C(C)=O. The van der Waals surface area contributed by atoms with Crippen LogP contribution in [0.25, 0.3) is 0 Å². The van der Waals surface area contributed by atoms with Gasteiger partial charge in [-0.3, -0.25) is 29.3 Å². The van der Waals surface area contributed by atoms with Crippen LogP contribution in [-0.4, -0.2) is 82.8 Å². The first kappa shape index (κ1) is 27.5. The zero-order chi connectivity index (χ0) is 27.9. The number of rotatable bonds is 10. The molecule has 0 spiro atoms. The number of benzene rings is 1. The Morgan fingerprint density at radius 2 is 1.73 bits per heavy atom. The van der Waals surface area contributed by atoms with E-state index in [1.807, 2.05) is 0 Å². The highest BCUT2D eigenvalue weighted by atomic mass is 16.7. The minimum Gasteiger partial charge on any atom is -0.442 e. The molecule has 15 heteroatoms. The molecule has 1 saturated heterocycles. The van der Waals surface area contributed by atoms with Crippen LogP contribution >= 0.6 is 0 Å². The van der Waals surface area contributed by atoms with E-state index in [0.717, 1.165) is 27.1 Å². The predicted molar refractivity (Wildman–Crippen MR) is 120 cm³/mol.